The Bertz CT molecular complexity index is 1490. The summed E-state index contributed by atoms with van der Waals surface area (Å²) >= 11 is 0. The number of nitrogens with zero attached hydrogens (tertiary/aromatic N) is 1. The Morgan fingerprint density at radius 3 is 2.44 bits per heavy atom. The molecule has 0 unspecified atom stereocenters. The number of aromatic hydroxyl groups is 1. The average molecular weight is 556 g/mol. The molecule has 0 spiro atoms. The summed E-state index contributed by atoms with van der Waals surface area (Å²) in [6.07, 6.45) is 3.27. The third-order valence-corrected chi connectivity index (χ3v) is 8.60. The predicted molar refractivity (Wildman–Crippen MR) is 158 cm³/mol. The van der Waals surface area contributed by atoms with Crippen LogP contribution in [0.1, 0.15) is 38.2 Å². The molecule has 0 radical (unpaired) electrons. The average Bonchev–Trinajstić information content (AvgIpc) is 3.22. The van der Waals surface area contributed by atoms with Crippen molar-refractivity contribution in [3.63, 3.8) is 0 Å². The van der Waals surface area contributed by atoms with Crippen molar-refractivity contribution in [2.45, 2.75) is 38.7 Å². The number of aliphatic hydroxyl groups is 2. The largest absolute Gasteiger partial charge is 0.507 e. The predicted octanol–water partition coefficient (Wildman–Crippen LogP) is 5.10. The molecule has 1 fully saturated rings. The number of phenolic OH excluding ortho intramolecular Hbond substituents is 1. The fourth-order valence-electron chi connectivity index (χ4n) is 6.42. The highest BCUT2D eigenvalue weighted by atomic mass is 16.5. The molecule has 5 rings (SSSR count). The van der Waals surface area contributed by atoms with E-state index in [2.05, 4.69) is 13.0 Å². The van der Waals surface area contributed by atoms with Crippen LogP contribution in [0.3, 0.4) is 0 Å². The van der Waals surface area contributed by atoms with Gasteiger partial charge in [0.15, 0.2) is 0 Å². The summed E-state index contributed by atoms with van der Waals surface area (Å²) in [7, 11) is 1.49. The third-order valence-electron chi connectivity index (χ3n) is 8.60. The molecular formula is C34H37NO6. The normalized spacial score (nSPS) is 21.9. The van der Waals surface area contributed by atoms with E-state index < -0.39 is 23.9 Å². The molecule has 1 heterocycles. The third kappa shape index (κ3) is 5.65. The molecule has 0 aromatic heterocycles. The van der Waals surface area contributed by atoms with E-state index in [9.17, 15) is 24.9 Å². The Balaban J connectivity index is 1.43. The number of carbonyl (C=O) groups is 2. The Morgan fingerprint density at radius 1 is 1.02 bits per heavy atom. The second-order valence-corrected chi connectivity index (χ2v) is 11.0. The second kappa shape index (κ2) is 12.3. The van der Waals surface area contributed by atoms with E-state index in [-0.39, 0.29) is 30.8 Å². The van der Waals surface area contributed by atoms with E-state index in [1.807, 2.05) is 60.7 Å². The fourth-order valence-corrected chi connectivity index (χ4v) is 6.42. The van der Waals surface area contributed by atoms with Gasteiger partial charge in [0.25, 0.3) is 0 Å². The summed E-state index contributed by atoms with van der Waals surface area (Å²) in [4.78, 5) is 27.1. The summed E-state index contributed by atoms with van der Waals surface area (Å²) in [5.41, 5.74) is 3.51. The number of aliphatic hydroxyl groups excluding tert-OH is 2. The zero-order chi connectivity index (χ0) is 29.1. The first kappa shape index (κ1) is 28.6. The molecule has 2 aliphatic rings. The molecule has 3 aromatic rings. The number of fused-ring (bicyclic) bond motifs is 2. The van der Waals surface area contributed by atoms with E-state index in [1.165, 1.54) is 7.05 Å². The summed E-state index contributed by atoms with van der Waals surface area (Å²) in [5.74, 6) is -1.56. The van der Waals surface area contributed by atoms with Gasteiger partial charge in [-0.05, 0) is 66.0 Å². The number of likely N-dealkylation sites (tertiary alicyclic amines) is 1. The number of carbonyl (C=O) groups excluding carboxylic acids is 2. The van der Waals surface area contributed by atoms with Crippen molar-refractivity contribution in [3.05, 3.63) is 89.0 Å². The highest BCUT2D eigenvalue weighted by Gasteiger charge is 2.53. The van der Waals surface area contributed by atoms with Crippen LogP contribution in [-0.2, 0) is 9.59 Å². The SMILES string of the molecule is CC/C(=C\c1ccc(O)c2ccccc12)CC[C@@H](O)C1=C(COc2ccccc2)C[C@H]2C(=O)N(C)C(=O)[C@H]2[C@H]1CO. The van der Waals surface area contributed by atoms with Gasteiger partial charge in [-0.1, -0.05) is 67.1 Å². The number of benzene rings is 3. The van der Waals surface area contributed by atoms with Gasteiger partial charge in [-0.25, -0.2) is 0 Å². The van der Waals surface area contributed by atoms with Crippen molar-refractivity contribution < 1.29 is 29.6 Å². The number of phenols is 1. The molecule has 7 nitrogen and oxygen atoms in total. The molecule has 4 atom stereocenters. The van der Waals surface area contributed by atoms with Crippen LogP contribution >= 0.6 is 0 Å². The molecule has 1 aliphatic carbocycles. The van der Waals surface area contributed by atoms with E-state index >= 15 is 0 Å². The lowest BCUT2D eigenvalue weighted by Gasteiger charge is -2.36. The molecule has 3 aromatic carbocycles. The fraction of sp³-hybridized carbons (Fsp3) is 0.353. The molecule has 1 aliphatic heterocycles. The number of ether oxygens (including phenoxy) is 1. The maximum atomic E-state index is 13.1. The standard InChI is InChI=1S/C34H37NO6/c1-3-21(17-22-14-16-29(37)26-12-8-7-11-25(22)26)13-15-30(38)31-23(20-41-24-9-5-4-6-10-24)18-27-32(28(31)19-36)34(40)35(2)33(27)39/h4-12,14,16-17,27-28,30,32,36-38H,3,13,15,18-20H2,1-2H3/b21-17+/t27-,28+,30-,32-/m1/s1. The number of rotatable bonds is 10. The minimum Gasteiger partial charge on any atom is -0.507 e. The molecule has 2 amide bonds. The first-order chi connectivity index (χ1) is 19.8. The van der Waals surface area contributed by atoms with Crippen LogP contribution in [0.2, 0.25) is 0 Å². The molecule has 0 bridgehead atoms. The number of para-hydroxylation sites is 1. The Labute approximate surface area is 240 Å². The first-order valence-electron chi connectivity index (χ1n) is 14.2. The molecular weight excluding hydrogens is 518 g/mol. The van der Waals surface area contributed by atoms with E-state index in [4.69, 9.17) is 4.74 Å². The summed E-state index contributed by atoms with van der Waals surface area (Å²) < 4.78 is 6.04. The van der Waals surface area contributed by atoms with Gasteiger partial charge in [-0.15, -0.1) is 0 Å². The van der Waals surface area contributed by atoms with Gasteiger partial charge in [0, 0.05) is 18.4 Å². The molecule has 3 N–H and O–H groups in total. The van der Waals surface area contributed by atoms with Crippen molar-refractivity contribution in [3.8, 4) is 11.5 Å². The van der Waals surface area contributed by atoms with Crippen molar-refractivity contribution in [1.82, 2.24) is 4.90 Å². The zero-order valence-corrected chi connectivity index (χ0v) is 23.5. The lowest BCUT2D eigenvalue weighted by molar-refractivity contribution is -0.138. The first-order valence-corrected chi connectivity index (χ1v) is 14.2. The minimum atomic E-state index is -0.914. The van der Waals surface area contributed by atoms with Crippen molar-refractivity contribution in [1.29, 1.82) is 0 Å². The van der Waals surface area contributed by atoms with Gasteiger partial charge in [-0.2, -0.15) is 0 Å². The van der Waals surface area contributed by atoms with Crippen molar-refractivity contribution in [2.75, 3.05) is 20.3 Å². The van der Waals surface area contributed by atoms with Gasteiger partial charge < -0.3 is 20.1 Å². The lowest BCUT2D eigenvalue weighted by Crippen LogP contribution is -2.39. The van der Waals surface area contributed by atoms with Crippen molar-refractivity contribution >= 4 is 28.7 Å². The van der Waals surface area contributed by atoms with Crippen LogP contribution < -0.4 is 4.74 Å². The number of hydrogen-bond acceptors (Lipinski definition) is 6. The molecule has 41 heavy (non-hydrogen) atoms. The Hall–Kier alpha value is -3.94. The summed E-state index contributed by atoms with van der Waals surface area (Å²) in [5, 5.41) is 34.1. The number of amides is 2. The maximum absolute atomic E-state index is 13.1. The quantitative estimate of drug-likeness (QED) is 0.237. The number of hydrogen-bond donors (Lipinski definition) is 3. The van der Waals surface area contributed by atoms with Crippen LogP contribution in [0.25, 0.3) is 16.8 Å². The van der Waals surface area contributed by atoms with Crippen LogP contribution in [-0.4, -0.2) is 58.4 Å². The Morgan fingerprint density at radius 2 is 1.73 bits per heavy atom. The van der Waals surface area contributed by atoms with Crippen LogP contribution in [0, 0.1) is 17.8 Å². The van der Waals surface area contributed by atoms with Gasteiger partial charge in [0.2, 0.25) is 11.8 Å². The lowest BCUT2D eigenvalue weighted by atomic mass is 9.68. The topological polar surface area (TPSA) is 107 Å². The maximum Gasteiger partial charge on any atom is 0.233 e. The highest BCUT2D eigenvalue weighted by molar-refractivity contribution is 6.05. The minimum absolute atomic E-state index is 0.164. The molecule has 0 saturated carbocycles. The number of imide groups is 1. The van der Waals surface area contributed by atoms with Gasteiger partial charge in [0.1, 0.15) is 18.1 Å². The van der Waals surface area contributed by atoms with E-state index in [0.29, 0.717) is 30.6 Å². The van der Waals surface area contributed by atoms with Gasteiger partial charge >= 0.3 is 0 Å². The molecule has 1 saturated heterocycles. The number of allylic oxidation sites excluding steroid dienone is 1. The van der Waals surface area contributed by atoms with Crippen LogP contribution in [0.5, 0.6) is 11.5 Å². The second-order valence-electron chi connectivity index (χ2n) is 11.0. The molecule has 7 heteroatoms. The smallest absolute Gasteiger partial charge is 0.233 e. The Kier molecular flexibility index (Phi) is 8.57. The van der Waals surface area contributed by atoms with Crippen molar-refractivity contribution in [2.24, 2.45) is 17.8 Å². The monoisotopic (exact) mass is 555 g/mol. The summed E-state index contributed by atoms with van der Waals surface area (Å²) in [6.45, 7) is 1.89. The molecule has 214 valence electrons. The zero-order valence-electron chi connectivity index (χ0n) is 23.5. The van der Waals surface area contributed by atoms with Gasteiger partial charge in [-0.3, -0.25) is 14.5 Å². The van der Waals surface area contributed by atoms with Crippen LogP contribution in [0.4, 0.5) is 0 Å². The summed E-state index contributed by atoms with van der Waals surface area (Å²) in [6, 6.07) is 20.6. The van der Waals surface area contributed by atoms with E-state index in [0.717, 1.165) is 38.8 Å². The van der Waals surface area contributed by atoms with Gasteiger partial charge in [0.05, 0.1) is 24.5 Å². The van der Waals surface area contributed by atoms with E-state index in [1.54, 1.807) is 6.07 Å². The highest BCUT2D eigenvalue weighted by Crippen LogP contribution is 2.46. The van der Waals surface area contributed by atoms with Crippen LogP contribution in [0.15, 0.2) is 83.4 Å².